The van der Waals surface area contributed by atoms with Crippen molar-refractivity contribution in [3.05, 3.63) is 45.6 Å². The van der Waals surface area contributed by atoms with Gasteiger partial charge in [-0.15, -0.1) is 11.3 Å². The van der Waals surface area contributed by atoms with E-state index in [1.165, 1.54) is 10.4 Å². The Labute approximate surface area is 153 Å². The van der Waals surface area contributed by atoms with Crippen LogP contribution < -0.4 is 5.32 Å². The summed E-state index contributed by atoms with van der Waals surface area (Å²) in [5.74, 6) is 0.0295. The van der Waals surface area contributed by atoms with Crippen molar-refractivity contribution in [1.82, 2.24) is 10.2 Å². The van der Waals surface area contributed by atoms with Crippen molar-refractivity contribution in [3.63, 3.8) is 0 Å². The van der Waals surface area contributed by atoms with Crippen LogP contribution in [-0.2, 0) is 4.74 Å². The largest absolute Gasteiger partial charge is 0.379 e. The lowest BCUT2D eigenvalue weighted by Crippen LogP contribution is -2.38. The van der Waals surface area contributed by atoms with E-state index in [4.69, 9.17) is 4.74 Å². The van der Waals surface area contributed by atoms with Crippen LogP contribution in [0.15, 0.2) is 29.6 Å². The van der Waals surface area contributed by atoms with E-state index in [2.05, 4.69) is 48.3 Å². The van der Waals surface area contributed by atoms with Gasteiger partial charge in [0.1, 0.15) is 0 Å². The fourth-order valence-electron chi connectivity index (χ4n) is 3.13. The average Bonchev–Trinajstić information content (AvgIpc) is 3.02. The van der Waals surface area contributed by atoms with Gasteiger partial charge < -0.3 is 10.1 Å². The van der Waals surface area contributed by atoms with E-state index < -0.39 is 0 Å². The number of morpholine rings is 1. The number of nitrogens with one attached hydrogen (secondary N) is 1. The molecule has 0 unspecified atom stereocenters. The maximum absolute atomic E-state index is 12.6. The van der Waals surface area contributed by atoms with Gasteiger partial charge in [0, 0.05) is 35.5 Å². The average molecular weight is 359 g/mol. The first-order chi connectivity index (χ1) is 12.1. The maximum atomic E-state index is 12.6. The molecule has 2 aromatic rings. The zero-order valence-electron chi connectivity index (χ0n) is 15.0. The van der Waals surface area contributed by atoms with Gasteiger partial charge in [0.05, 0.1) is 18.8 Å². The molecule has 1 saturated heterocycles. The van der Waals surface area contributed by atoms with Crippen molar-refractivity contribution in [2.45, 2.75) is 20.3 Å². The topological polar surface area (TPSA) is 41.6 Å². The van der Waals surface area contributed by atoms with Crippen molar-refractivity contribution in [3.8, 4) is 11.1 Å². The molecule has 1 fully saturated rings. The minimum atomic E-state index is 0.0295. The van der Waals surface area contributed by atoms with Gasteiger partial charge in [-0.25, -0.2) is 0 Å². The number of benzene rings is 1. The molecule has 0 bridgehead atoms. The van der Waals surface area contributed by atoms with Crippen molar-refractivity contribution in [2.75, 3.05) is 39.4 Å². The summed E-state index contributed by atoms with van der Waals surface area (Å²) in [7, 11) is 0. The summed E-state index contributed by atoms with van der Waals surface area (Å²) in [5.41, 5.74) is 4.20. The third-order valence-electron chi connectivity index (χ3n) is 4.60. The third-order valence-corrected chi connectivity index (χ3v) is 5.51. The van der Waals surface area contributed by atoms with E-state index >= 15 is 0 Å². The molecule has 25 heavy (non-hydrogen) atoms. The Morgan fingerprint density at radius 3 is 2.64 bits per heavy atom. The molecule has 0 aliphatic carbocycles. The molecule has 5 heteroatoms. The lowest BCUT2D eigenvalue weighted by molar-refractivity contribution is 0.0374. The van der Waals surface area contributed by atoms with Crippen LogP contribution in [-0.4, -0.2) is 50.2 Å². The quantitative estimate of drug-likeness (QED) is 0.804. The van der Waals surface area contributed by atoms with Gasteiger partial charge in [-0.2, -0.15) is 0 Å². The minimum Gasteiger partial charge on any atom is -0.379 e. The normalized spacial score (nSPS) is 15.3. The second-order valence-corrected chi connectivity index (χ2v) is 7.59. The number of hydrogen-bond donors (Lipinski definition) is 1. The molecule has 0 atom stereocenters. The molecule has 1 aliphatic rings. The number of carbonyl (C=O) groups is 1. The monoisotopic (exact) mass is 358 g/mol. The number of aryl methyl sites for hydroxylation is 2. The van der Waals surface area contributed by atoms with Crippen LogP contribution in [0.4, 0.5) is 0 Å². The molecule has 0 radical (unpaired) electrons. The number of amides is 1. The zero-order chi connectivity index (χ0) is 17.6. The number of nitrogens with zero attached hydrogens (tertiary/aromatic N) is 1. The van der Waals surface area contributed by atoms with Crippen LogP contribution >= 0.6 is 11.3 Å². The second kappa shape index (κ2) is 8.61. The summed E-state index contributed by atoms with van der Waals surface area (Å²) < 4.78 is 5.36. The van der Waals surface area contributed by atoms with Crippen LogP contribution in [0.25, 0.3) is 11.1 Å². The first-order valence-electron chi connectivity index (χ1n) is 8.88. The van der Waals surface area contributed by atoms with E-state index in [0.29, 0.717) is 6.54 Å². The highest BCUT2D eigenvalue weighted by Crippen LogP contribution is 2.32. The Hall–Kier alpha value is -1.69. The highest BCUT2D eigenvalue weighted by atomic mass is 32.1. The van der Waals surface area contributed by atoms with Gasteiger partial charge in [-0.1, -0.05) is 29.8 Å². The summed E-state index contributed by atoms with van der Waals surface area (Å²) >= 11 is 1.64. The first kappa shape index (κ1) is 18.1. The fraction of sp³-hybridized carbons (Fsp3) is 0.450. The predicted molar refractivity (Wildman–Crippen MR) is 103 cm³/mol. The van der Waals surface area contributed by atoms with Gasteiger partial charge in [-0.3, -0.25) is 9.69 Å². The molecule has 0 spiro atoms. The van der Waals surface area contributed by atoms with E-state index in [0.717, 1.165) is 56.0 Å². The number of thiophene rings is 1. The van der Waals surface area contributed by atoms with E-state index in [1.807, 2.05) is 5.38 Å². The van der Waals surface area contributed by atoms with Crippen molar-refractivity contribution in [2.24, 2.45) is 0 Å². The molecule has 1 aromatic carbocycles. The number of ether oxygens (including phenoxy) is 1. The SMILES string of the molecule is Cc1ccc(-c2c(C(=O)NCCCN3CCOCC3)csc2C)cc1. The highest BCUT2D eigenvalue weighted by molar-refractivity contribution is 7.10. The van der Waals surface area contributed by atoms with Gasteiger partial charge in [0.15, 0.2) is 0 Å². The van der Waals surface area contributed by atoms with Crippen LogP contribution in [0.1, 0.15) is 27.2 Å². The molecular weight excluding hydrogens is 332 g/mol. The van der Waals surface area contributed by atoms with Gasteiger partial charge >= 0.3 is 0 Å². The molecular formula is C20H26N2O2S. The minimum absolute atomic E-state index is 0.0295. The summed E-state index contributed by atoms with van der Waals surface area (Å²) in [4.78, 5) is 16.2. The van der Waals surface area contributed by atoms with Gasteiger partial charge in [0.25, 0.3) is 5.91 Å². The summed E-state index contributed by atoms with van der Waals surface area (Å²) in [6, 6.07) is 8.38. The molecule has 134 valence electrons. The smallest absolute Gasteiger partial charge is 0.252 e. The number of carbonyl (C=O) groups excluding carboxylic acids is 1. The first-order valence-corrected chi connectivity index (χ1v) is 9.76. The number of rotatable bonds is 6. The highest BCUT2D eigenvalue weighted by Gasteiger charge is 2.17. The standard InChI is InChI=1S/C20H26N2O2S/c1-15-4-6-17(7-5-15)19-16(2)25-14-18(19)20(23)21-8-3-9-22-10-12-24-13-11-22/h4-7,14H,3,8-13H2,1-2H3,(H,21,23). The van der Waals surface area contributed by atoms with Crippen molar-refractivity contribution < 1.29 is 9.53 Å². The molecule has 1 amide bonds. The molecule has 4 nitrogen and oxygen atoms in total. The van der Waals surface area contributed by atoms with Crippen molar-refractivity contribution >= 4 is 17.2 Å². The second-order valence-electron chi connectivity index (χ2n) is 6.51. The maximum Gasteiger partial charge on any atom is 0.252 e. The van der Waals surface area contributed by atoms with Crippen LogP contribution in [0.5, 0.6) is 0 Å². The summed E-state index contributed by atoms with van der Waals surface area (Å²) in [6.07, 6.45) is 0.967. The lowest BCUT2D eigenvalue weighted by atomic mass is 10.0. The van der Waals surface area contributed by atoms with Crippen molar-refractivity contribution in [1.29, 1.82) is 0 Å². The van der Waals surface area contributed by atoms with E-state index in [1.54, 1.807) is 11.3 Å². The van der Waals surface area contributed by atoms with Gasteiger partial charge in [-0.05, 0) is 32.4 Å². The van der Waals surface area contributed by atoms with Crippen LogP contribution in [0.2, 0.25) is 0 Å². The Kier molecular flexibility index (Phi) is 6.24. The Morgan fingerprint density at radius 2 is 1.92 bits per heavy atom. The molecule has 0 saturated carbocycles. The molecule has 1 aliphatic heterocycles. The van der Waals surface area contributed by atoms with Gasteiger partial charge in [0.2, 0.25) is 0 Å². The fourth-order valence-corrected chi connectivity index (χ4v) is 3.99. The van der Waals surface area contributed by atoms with E-state index in [-0.39, 0.29) is 5.91 Å². The van der Waals surface area contributed by atoms with Crippen LogP contribution in [0, 0.1) is 13.8 Å². The number of hydrogen-bond acceptors (Lipinski definition) is 4. The molecule has 1 N–H and O–H groups in total. The molecule has 3 rings (SSSR count). The molecule has 2 heterocycles. The summed E-state index contributed by atoms with van der Waals surface area (Å²) in [5, 5.41) is 5.06. The molecule has 1 aromatic heterocycles. The Bertz CT molecular complexity index is 703. The third kappa shape index (κ3) is 4.69. The Morgan fingerprint density at radius 1 is 1.20 bits per heavy atom. The van der Waals surface area contributed by atoms with E-state index in [9.17, 15) is 4.79 Å². The lowest BCUT2D eigenvalue weighted by Gasteiger charge is -2.26. The summed E-state index contributed by atoms with van der Waals surface area (Å²) in [6.45, 7) is 9.50. The Balaban J connectivity index is 1.58. The predicted octanol–water partition coefficient (Wildman–Crippen LogP) is 3.48. The van der Waals surface area contributed by atoms with Crippen LogP contribution in [0.3, 0.4) is 0 Å². The zero-order valence-corrected chi connectivity index (χ0v) is 15.8.